The number of ketones is 1. The smallest absolute Gasteiger partial charge is 0.144 e. The van der Waals surface area contributed by atoms with Crippen LogP contribution in [0.25, 0.3) is 0 Å². The van der Waals surface area contributed by atoms with E-state index in [0.29, 0.717) is 12.3 Å². The minimum absolute atomic E-state index is 0.0875. The Morgan fingerprint density at radius 1 is 1.62 bits per heavy atom. The highest BCUT2D eigenvalue weighted by atomic mass is 16.1. The van der Waals surface area contributed by atoms with Crippen molar-refractivity contribution < 1.29 is 4.79 Å². The standard InChI is InChI=1S/C10H18N2O/c1-12-5-2-8(6-12)9(13)10(7-11)3-4-10/h8H,2-7,11H2,1H3. The molecule has 2 N–H and O–H groups in total. The third kappa shape index (κ3) is 1.51. The predicted octanol–water partition coefficient (Wildman–Crippen LogP) is 0.246. The number of carbonyl (C=O) groups is 1. The van der Waals surface area contributed by atoms with Crippen LogP contribution in [0.4, 0.5) is 0 Å². The predicted molar refractivity (Wildman–Crippen MR) is 51.3 cm³/mol. The summed E-state index contributed by atoms with van der Waals surface area (Å²) in [6.45, 7) is 2.57. The van der Waals surface area contributed by atoms with Crippen molar-refractivity contribution in [2.45, 2.75) is 19.3 Å². The van der Waals surface area contributed by atoms with Gasteiger partial charge >= 0.3 is 0 Å². The van der Waals surface area contributed by atoms with Crippen molar-refractivity contribution in [3.05, 3.63) is 0 Å². The Balaban J connectivity index is 1.98. The van der Waals surface area contributed by atoms with Crippen LogP contribution in [0.2, 0.25) is 0 Å². The first-order chi connectivity index (χ1) is 6.18. The molecule has 1 aliphatic heterocycles. The fourth-order valence-electron chi connectivity index (χ4n) is 2.28. The maximum absolute atomic E-state index is 12.0. The van der Waals surface area contributed by atoms with Gasteiger partial charge in [-0.1, -0.05) is 0 Å². The van der Waals surface area contributed by atoms with E-state index in [1.54, 1.807) is 0 Å². The summed E-state index contributed by atoms with van der Waals surface area (Å²) in [5, 5.41) is 0. The van der Waals surface area contributed by atoms with Gasteiger partial charge in [0, 0.05) is 24.4 Å². The van der Waals surface area contributed by atoms with Gasteiger partial charge in [0.25, 0.3) is 0 Å². The maximum atomic E-state index is 12.0. The van der Waals surface area contributed by atoms with Crippen LogP contribution in [-0.4, -0.2) is 37.4 Å². The zero-order chi connectivity index (χ0) is 9.47. The molecule has 1 saturated carbocycles. The second-order valence-electron chi connectivity index (χ2n) is 4.60. The molecule has 3 nitrogen and oxygen atoms in total. The molecule has 0 aromatic heterocycles. The highest BCUT2D eigenvalue weighted by molar-refractivity contribution is 5.90. The summed E-state index contributed by atoms with van der Waals surface area (Å²) in [5.41, 5.74) is 5.55. The average Bonchev–Trinajstić information content (AvgIpc) is 2.82. The second kappa shape index (κ2) is 3.07. The molecule has 3 heteroatoms. The number of nitrogens with two attached hydrogens (primary N) is 1. The lowest BCUT2D eigenvalue weighted by molar-refractivity contribution is -0.127. The highest BCUT2D eigenvalue weighted by Crippen LogP contribution is 2.48. The number of rotatable bonds is 3. The largest absolute Gasteiger partial charge is 0.329 e. The van der Waals surface area contributed by atoms with Gasteiger partial charge in [-0.05, 0) is 32.9 Å². The topological polar surface area (TPSA) is 46.3 Å². The van der Waals surface area contributed by atoms with E-state index >= 15 is 0 Å². The molecule has 1 heterocycles. The molecule has 0 aromatic rings. The Labute approximate surface area is 79.3 Å². The van der Waals surface area contributed by atoms with Crippen molar-refractivity contribution in [1.29, 1.82) is 0 Å². The summed E-state index contributed by atoms with van der Waals surface area (Å²) < 4.78 is 0. The van der Waals surface area contributed by atoms with Gasteiger partial charge in [-0.15, -0.1) is 0 Å². The van der Waals surface area contributed by atoms with Crippen molar-refractivity contribution in [1.82, 2.24) is 4.90 Å². The van der Waals surface area contributed by atoms with E-state index < -0.39 is 0 Å². The fourth-order valence-corrected chi connectivity index (χ4v) is 2.28. The van der Waals surface area contributed by atoms with Crippen LogP contribution in [0.15, 0.2) is 0 Å². The van der Waals surface area contributed by atoms with Crippen LogP contribution in [0.5, 0.6) is 0 Å². The van der Waals surface area contributed by atoms with Crippen molar-refractivity contribution in [2.24, 2.45) is 17.1 Å². The lowest BCUT2D eigenvalue weighted by Crippen LogP contribution is -2.32. The van der Waals surface area contributed by atoms with Crippen molar-refractivity contribution >= 4 is 5.78 Å². The van der Waals surface area contributed by atoms with E-state index in [2.05, 4.69) is 11.9 Å². The number of Topliss-reactive ketones (excluding diaryl/α,β-unsaturated/α-hetero) is 1. The van der Waals surface area contributed by atoms with Crippen LogP contribution in [0.3, 0.4) is 0 Å². The summed E-state index contributed by atoms with van der Waals surface area (Å²) in [5.74, 6) is 0.718. The Morgan fingerprint density at radius 3 is 2.69 bits per heavy atom. The molecule has 0 radical (unpaired) electrons. The third-order valence-electron chi connectivity index (χ3n) is 3.53. The van der Waals surface area contributed by atoms with Gasteiger partial charge in [0.2, 0.25) is 0 Å². The van der Waals surface area contributed by atoms with Crippen molar-refractivity contribution in [3.8, 4) is 0 Å². The van der Waals surface area contributed by atoms with E-state index in [0.717, 1.165) is 32.4 Å². The molecule has 2 rings (SSSR count). The van der Waals surface area contributed by atoms with Gasteiger partial charge < -0.3 is 10.6 Å². The van der Waals surface area contributed by atoms with E-state index in [-0.39, 0.29) is 11.3 Å². The quantitative estimate of drug-likeness (QED) is 0.680. The molecule has 1 atom stereocenters. The summed E-state index contributed by atoms with van der Waals surface area (Å²) in [7, 11) is 2.08. The van der Waals surface area contributed by atoms with Crippen molar-refractivity contribution in [2.75, 3.05) is 26.7 Å². The van der Waals surface area contributed by atoms with E-state index in [1.807, 2.05) is 0 Å². The van der Waals surface area contributed by atoms with Crippen LogP contribution < -0.4 is 5.73 Å². The molecule has 1 saturated heterocycles. The first kappa shape index (κ1) is 9.16. The Bertz CT molecular complexity index is 223. The van der Waals surface area contributed by atoms with Gasteiger partial charge in [0.15, 0.2) is 0 Å². The van der Waals surface area contributed by atoms with E-state index in [1.165, 1.54) is 0 Å². The minimum atomic E-state index is -0.0875. The van der Waals surface area contributed by atoms with Gasteiger partial charge in [0.05, 0.1) is 0 Å². The zero-order valence-electron chi connectivity index (χ0n) is 8.25. The maximum Gasteiger partial charge on any atom is 0.144 e. The summed E-state index contributed by atoms with van der Waals surface area (Å²) in [6.07, 6.45) is 3.10. The number of hydrogen-bond acceptors (Lipinski definition) is 3. The molecule has 1 aliphatic carbocycles. The minimum Gasteiger partial charge on any atom is -0.329 e. The molecule has 0 spiro atoms. The summed E-state index contributed by atoms with van der Waals surface area (Å²) in [4.78, 5) is 14.2. The van der Waals surface area contributed by atoms with Gasteiger partial charge in [0.1, 0.15) is 5.78 Å². The molecular formula is C10H18N2O. The molecular weight excluding hydrogens is 164 g/mol. The van der Waals surface area contributed by atoms with Crippen LogP contribution in [0, 0.1) is 11.3 Å². The molecule has 0 aromatic carbocycles. The normalized spacial score (nSPS) is 32.0. The zero-order valence-corrected chi connectivity index (χ0v) is 8.25. The molecule has 13 heavy (non-hydrogen) atoms. The number of hydrogen-bond donors (Lipinski definition) is 1. The Morgan fingerprint density at radius 2 is 2.31 bits per heavy atom. The fraction of sp³-hybridized carbons (Fsp3) is 0.900. The van der Waals surface area contributed by atoms with Gasteiger partial charge in [-0.2, -0.15) is 0 Å². The molecule has 0 amide bonds. The lowest BCUT2D eigenvalue weighted by atomic mass is 9.89. The molecule has 1 unspecified atom stereocenters. The average molecular weight is 182 g/mol. The van der Waals surface area contributed by atoms with Crippen LogP contribution in [-0.2, 0) is 4.79 Å². The second-order valence-corrected chi connectivity index (χ2v) is 4.60. The lowest BCUT2D eigenvalue weighted by Gasteiger charge is -2.16. The first-order valence-corrected chi connectivity index (χ1v) is 5.11. The Hall–Kier alpha value is -0.410. The molecule has 74 valence electrons. The number of carbonyl (C=O) groups excluding carboxylic acids is 1. The number of likely N-dealkylation sites (tertiary alicyclic amines) is 1. The number of nitrogens with zero attached hydrogens (tertiary/aromatic N) is 1. The van der Waals surface area contributed by atoms with E-state index in [4.69, 9.17) is 5.73 Å². The van der Waals surface area contributed by atoms with Gasteiger partial charge in [-0.25, -0.2) is 0 Å². The molecule has 0 bridgehead atoms. The van der Waals surface area contributed by atoms with Crippen LogP contribution in [0.1, 0.15) is 19.3 Å². The SMILES string of the molecule is CN1CCC(C(=O)C2(CN)CC2)C1. The van der Waals surface area contributed by atoms with Crippen LogP contribution >= 0.6 is 0 Å². The first-order valence-electron chi connectivity index (χ1n) is 5.11. The highest BCUT2D eigenvalue weighted by Gasteiger charge is 2.51. The Kier molecular flexibility index (Phi) is 2.16. The molecule has 2 fully saturated rings. The summed E-state index contributed by atoms with van der Waals surface area (Å²) in [6, 6.07) is 0. The monoisotopic (exact) mass is 182 g/mol. The third-order valence-corrected chi connectivity index (χ3v) is 3.53. The molecule has 2 aliphatic rings. The van der Waals surface area contributed by atoms with Gasteiger partial charge in [-0.3, -0.25) is 4.79 Å². The van der Waals surface area contributed by atoms with Crippen molar-refractivity contribution in [3.63, 3.8) is 0 Å². The van der Waals surface area contributed by atoms with E-state index in [9.17, 15) is 4.79 Å². The summed E-state index contributed by atoms with van der Waals surface area (Å²) >= 11 is 0.